The molecule has 4 heteroatoms. The molecule has 4 nitrogen and oxygen atoms in total. The van der Waals surface area contributed by atoms with E-state index < -0.39 is 0 Å². The minimum atomic E-state index is -0.350. The highest BCUT2D eigenvalue weighted by molar-refractivity contribution is 5.77. The number of unbranched alkanes of at least 4 members (excludes halogenated alkanes) is 4. The average molecular weight is 320 g/mol. The normalized spacial score (nSPS) is 11.8. The fourth-order valence-electron chi connectivity index (χ4n) is 2.19. The van der Waals surface area contributed by atoms with Gasteiger partial charge in [0.1, 0.15) is 0 Å². The molecule has 0 aliphatic carbocycles. The summed E-state index contributed by atoms with van der Waals surface area (Å²) in [7, 11) is 0. The third-order valence-corrected chi connectivity index (χ3v) is 3.72. The molecule has 0 saturated carbocycles. The molecule has 0 spiro atoms. The highest BCUT2D eigenvalue weighted by Crippen LogP contribution is 2.28. The summed E-state index contributed by atoms with van der Waals surface area (Å²) >= 11 is 0. The Morgan fingerprint density at radius 1 is 0.957 bits per heavy atom. The van der Waals surface area contributed by atoms with Crippen LogP contribution in [0, 0.1) is 5.92 Å². The van der Waals surface area contributed by atoms with Gasteiger partial charge in [0.25, 0.3) is 0 Å². The lowest BCUT2D eigenvalue weighted by Gasteiger charge is -2.13. The van der Waals surface area contributed by atoms with E-state index in [0.717, 1.165) is 19.3 Å². The molecule has 0 aromatic heterocycles. The smallest absolute Gasteiger partial charge is 0.314 e. The van der Waals surface area contributed by atoms with Crippen molar-refractivity contribution in [2.45, 2.75) is 65.7 Å². The average Bonchev–Trinajstić information content (AvgIpc) is 2.56. The fraction of sp³-hybridized carbons (Fsp3) is 0.579. The van der Waals surface area contributed by atoms with Gasteiger partial charge < -0.3 is 9.47 Å². The van der Waals surface area contributed by atoms with E-state index in [1.54, 1.807) is 31.2 Å². The molecular formula is C19H28O4. The summed E-state index contributed by atoms with van der Waals surface area (Å²) in [6.07, 6.45) is 6.95. The van der Waals surface area contributed by atoms with Crippen molar-refractivity contribution in [3.63, 3.8) is 0 Å². The van der Waals surface area contributed by atoms with Crippen LogP contribution in [0.1, 0.15) is 65.7 Å². The van der Waals surface area contributed by atoms with Crippen molar-refractivity contribution in [1.82, 2.24) is 0 Å². The summed E-state index contributed by atoms with van der Waals surface area (Å²) in [4.78, 5) is 23.6. The van der Waals surface area contributed by atoms with E-state index in [-0.39, 0.29) is 24.3 Å². The molecule has 0 fully saturated rings. The molecule has 0 heterocycles. The van der Waals surface area contributed by atoms with Gasteiger partial charge in [-0.25, -0.2) is 0 Å². The third kappa shape index (κ3) is 7.31. The van der Waals surface area contributed by atoms with Crippen LogP contribution in [0.3, 0.4) is 0 Å². The summed E-state index contributed by atoms with van der Waals surface area (Å²) in [5, 5.41) is 0. The SMILES string of the molecule is CCCCCCCC(C)C(=O)Oc1ccccc1OC(=O)CC. The van der Waals surface area contributed by atoms with Crippen LogP contribution in [-0.2, 0) is 9.59 Å². The van der Waals surface area contributed by atoms with Gasteiger partial charge in [-0.1, -0.05) is 65.0 Å². The zero-order chi connectivity index (χ0) is 17.1. The van der Waals surface area contributed by atoms with Gasteiger partial charge in [0.15, 0.2) is 11.5 Å². The van der Waals surface area contributed by atoms with Crippen molar-refractivity contribution in [3.8, 4) is 11.5 Å². The molecule has 1 unspecified atom stereocenters. The van der Waals surface area contributed by atoms with Gasteiger partial charge in [-0.05, 0) is 18.6 Å². The monoisotopic (exact) mass is 320 g/mol. The van der Waals surface area contributed by atoms with Gasteiger partial charge in [0, 0.05) is 6.42 Å². The van der Waals surface area contributed by atoms with Crippen molar-refractivity contribution in [2.24, 2.45) is 5.92 Å². The van der Waals surface area contributed by atoms with Crippen LogP contribution >= 0.6 is 0 Å². The zero-order valence-corrected chi connectivity index (χ0v) is 14.5. The van der Waals surface area contributed by atoms with Gasteiger partial charge in [0.05, 0.1) is 5.92 Å². The Morgan fingerprint density at radius 3 is 2.17 bits per heavy atom. The van der Waals surface area contributed by atoms with E-state index in [4.69, 9.17) is 9.47 Å². The molecule has 0 radical (unpaired) electrons. The minimum Gasteiger partial charge on any atom is -0.423 e. The first-order valence-corrected chi connectivity index (χ1v) is 8.59. The van der Waals surface area contributed by atoms with Crippen LogP contribution in [0.4, 0.5) is 0 Å². The number of carbonyl (C=O) groups excluding carboxylic acids is 2. The van der Waals surface area contributed by atoms with Crippen molar-refractivity contribution in [1.29, 1.82) is 0 Å². The number of carbonyl (C=O) groups is 2. The molecule has 0 aliphatic heterocycles. The highest BCUT2D eigenvalue weighted by atomic mass is 16.6. The summed E-state index contributed by atoms with van der Waals surface area (Å²) in [5.74, 6) is -0.190. The largest absolute Gasteiger partial charge is 0.423 e. The predicted octanol–water partition coefficient (Wildman–Crippen LogP) is 4.90. The number of hydrogen-bond acceptors (Lipinski definition) is 4. The second-order valence-electron chi connectivity index (χ2n) is 5.80. The summed E-state index contributed by atoms with van der Waals surface area (Å²) in [5.41, 5.74) is 0. The van der Waals surface area contributed by atoms with E-state index in [0.29, 0.717) is 11.5 Å². The molecule has 23 heavy (non-hydrogen) atoms. The van der Waals surface area contributed by atoms with Crippen LogP contribution in [0.15, 0.2) is 24.3 Å². The molecule has 0 N–H and O–H groups in total. The van der Waals surface area contributed by atoms with Crippen molar-refractivity contribution < 1.29 is 19.1 Å². The Labute approximate surface area is 139 Å². The van der Waals surface area contributed by atoms with Crippen LogP contribution < -0.4 is 9.47 Å². The summed E-state index contributed by atoms with van der Waals surface area (Å²) in [6.45, 7) is 5.78. The predicted molar refractivity (Wildman–Crippen MR) is 90.5 cm³/mol. The quantitative estimate of drug-likeness (QED) is 0.349. The molecule has 0 amide bonds. The number of ether oxygens (including phenoxy) is 2. The lowest BCUT2D eigenvalue weighted by molar-refractivity contribution is -0.140. The number of benzene rings is 1. The Kier molecular flexibility index (Phi) is 9.03. The van der Waals surface area contributed by atoms with E-state index in [1.807, 2.05) is 6.92 Å². The van der Waals surface area contributed by atoms with E-state index >= 15 is 0 Å². The molecular weight excluding hydrogens is 292 g/mol. The van der Waals surface area contributed by atoms with Crippen LogP contribution in [-0.4, -0.2) is 11.9 Å². The number of para-hydroxylation sites is 2. The number of esters is 2. The fourth-order valence-corrected chi connectivity index (χ4v) is 2.19. The van der Waals surface area contributed by atoms with Gasteiger partial charge in [-0.2, -0.15) is 0 Å². The summed E-state index contributed by atoms with van der Waals surface area (Å²) in [6, 6.07) is 6.77. The molecule has 0 bridgehead atoms. The maximum absolute atomic E-state index is 12.2. The summed E-state index contributed by atoms with van der Waals surface area (Å²) < 4.78 is 10.6. The number of hydrogen-bond donors (Lipinski definition) is 0. The Hall–Kier alpha value is -1.84. The van der Waals surface area contributed by atoms with Crippen molar-refractivity contribution >= 4 is 11.9 Å². The second-order valence-corrected chi connectivity index (χ2v) is 5.80. The van der Waals surface area contributed by atoms with Crippen LogP contribution in [0.25, 0.3) is 0 Å². The molecule has 1 aromatic carbocycles. The molecule has 0 saturated heterocycles. The van der Waals surface area contributed by atoms with E-state index in [9.17, 15) is 9.59 Å². The Balaban J connectivity index is 2.51. The third-order valence-electron chi connectivity index (χ3n) is 3.72. The lowest BCUT2D eigenvalue weighted by atomic mass is 10.0. The van der Waals surface area contributed by atoms with Crippen LogP contribution in [0.5, 0.6) is 11.5 Å². The van der Waals surface area contributed by atoms with Crippen molar-refractivity contribution in [3.05, 3.63) is 24.3 Å². The lowest BCUT2D eigenvalue weighted by Crippen LogP contribution is -2.18. The maximum Gasteiger partial charge on any atom is 0.314 e. The van der Waals surface area contributed by atoms with Gasteiger partial charge in [-0.3, -0.25) is 9.59 Å². The highest BCUT2D eigenvalue weighted by Gasteiger charge is 2.18. The molecule has 0 aliphatic rings. The Bertz CT molecular complexity index is 496. The second kappa shape index (κ2) is 10.8. The molecule has 1 aromatic rings. The van der Waals surface area contributed by atoms with E-state index in [2.05, 4.69) is 6.92 Å². The Morgan fingerprint density at radius 2 is 1.57 bits per heavy atom. The van der Waals surface area contributed by atoms with Crippen molar-refractivity contribution in [2.75, 3.05) is 0 Å². The zero-order valence-electron chi connectivity index (χ0n) is 14.5. The number of rotatable bonds is 10. The van der Waals surface area contributed by atoms with Gasteiger partial charge in [0.2, 0.25) is 0 Å². The molecule has 1 atom stereocenters. The first-order valence-electron chi connectivity index (χ1n) is 8.59. The van der Waals surface area contributed by atoms with E-state index in [1.165, 1.54) is 19.3 Å². The molecule has 1 rings (SSSR count). The first-order chi connectivity index (χ1) is 11.1. The van der Waals surface area contributed by atoms with Gasteiger partial charge >= 0.3 is 11.9 Å². The standard InChI is InChI=1S/C19H28O4/c1-4-6-7-8-9-12-15(3)19(21)23-17-14-11-10-13-16(17)22-18(20)5-2/h10-11,13-15H,4-9,12H2,1-3H3. The minimum absolute atomic E-state index is 0.161. The first kappa shape index (κ1) is 19.2. The maximum atomic E-state index is 12.2. The van der Waals surface area contributed by atoms with Gasteiger partial charge in [-0.15, -0.1) is 0 Å². The van der Waals surface area contributed by atoms with Crippen LogP contribution in [0.2, 0.25) is 0 Å². The molecule has 128 valence electrons. The topological polar surface area (TPSA) is 52.6 Å².